The van der Waals surface area contributed by atoms with Gasteiger partial charge in [0.05, 0.1) is 6.04 Å². The second-order valence-corrected chi connectivity index (χ2v) is 15.4. The molecule has 0 bridgehead atoms. The number of amides is 5. The molecule has 12 nitrogen and oxygen atoms in total. The van der Waals surface area contributed by atoms with Gasteiger partial charge in [0.25, 0.3) is 5.91 Å². The summed E-state index contributed by atoms with van der Waals surface area (Å²) in [5, 5.41) is 12.0. The van der Waals surface area contributed by atoms with E-state index >= 15 is 0 Å². The number of primary amides is 1. The van der Waals surface area contributed by atoms with Gasteiger partial charge in [0, 0.05) is 31.2 Å². The minimum atomic E-state index is -1.11. The monoisotopic (exact) mass is 661 g/mol. The number of piperidine rings is 1. The fraction of sp³-hybridized carbons (Fsp3) is 0.667. The lowest BCUT2D eigenvalue weighted by atomic mass is 9.85. The average Bonchev–Trinajstić information content (AvgIpc) is 3.64. The number of nitrogens with one attached hydrogen (secondary N) is 4. The van der Waals surface area contributed by atoms with Gasteiger partial charge in [-0.15, -0.1) is 0 Å². The van der Waals surface area contributed by atoms with E-state index in [0.29, 0.717) is 26.1 Å². The van der Waals surface area contributed by atoms with Crippen LogP contribution >= 0.6 is 0 Å². The van der Waals surface area contributed by atoms with Crippen LogP contribution in [0.1, 0.15) is 79.7 Å². The number of nitrogens with zero attached hydrogens (tertiary/aromatic N) is 1. The van der Waals surface area contributed by atoms with E-state index in [0.717, 1.165) is 23.3 Å². The third-order valence-corrected chi connectivity index (χ3v) is 9.58. The highest BCUT2D eigenvalue weighted by Gasteiger charge is 2.58. The van der Waals surface area contributed by atoms with Crippen molar-refractivity contribution < 1.29 is 28.5 Å². The zero-order valence-electron chi connectivity index (χ0n) is 28.2. The third-order valence-electron chi connectivity index (χ3n) is 8.93. The van der Waals surface area contributed by atoms with Gasteiger partial charge in [-0.05, 0) is 41.6 Å². The highest BCUT2D eigenvalue weighted by molar-refractivity contribution is 7.72. The summed E-state index contributed by atoms with van der Waals surface area (Å²) in [5.41, 5.74) is 5.20. The smallest absolute Gasteiger partial charge is 0.315 e. The van der Waals surface area contributed by atoms with Crippen molar-refractivity contribution in [2.75, 3.05) is 13.1 Å². The molecule has 0 aromatic heterocycles. The molecular formula is C33H53N6O6S+. The quantitative estimate of drug-likeness (QED) is 0.0945. The van der Waals surface area contributed by atoms with Crippen LogP contribution in [0, 0.1) is 22.7 Å². The SMILES string of the molecule is CCCCC(NC(=O)[C@@H]1[C@H]2C[C@H]2CN1C(=O)[C@@H](NC(=O)N[C@H](CNCc1ccccc1[SH+]O)C(C)(C)C)C(C)(C)C)C(=O)C(N)=O. The van der Waals surface area contributed by atoms with Crippen molar-refractivity contribution in [1.82, 2.24) is 26.2 Å². The second-order valence-electron chi connectivity index (χ2n) is 14.7. The van der Waals surface area contributed by atoms with Gasteiger partial charge in [-0.3, -0.25) is 19.2 Å². The molecule has 1 saturated carbocycles. The highest BCUT2D eigenvalue weighted by Crippen LogP contribution is 2.50. The molecule has 0 radical (unpaired) electrons. The largest absolute Gasteiger partial charge is 0.363 e. The number of rotatable bonds is 15. The number of hydrogen-bond donors (Lipinski definition) is 6. The van der Waals surface area contributed by atoms with Gasteiger partial charge >= 0.3 is 6.03 Å². The molecule has 1 heterocycles. The van der Waals surface area contributed by atoms with Crippen LogP contribution < -0.4 is 27.0 Å². The Morgan fingerprint density at radius 2 is 1.70 bits per heavy atom. The first kappa shape index (κ1) is 37.3. The van der Waals surface area contributed by atoms with E-state index in [4.69, 9.17) is 5.73 Å². The number of carbonyl (C=O) groups excluding carboxylic acids is 5. The number of ketones is 1. The summed E-state index contributed by atoms with van der Waals surface area (Å²) >= 11 is 0.190. The number of hydrogen-bond acceptors (Lipinski definition) is 7. The first-order valence-corrected chi connectivity index (χ1v) is 17.0. The Bertz CT molecular complexity index is 1280. The maximum absolute atomic E-state index is 14.1. The first-order valence-electron chi connectivity index (χ1n) is 16.1. The molecule has 7 N–H and O–H groups in total. The Hall–Kier alpha value is -3.16. The topological polar surface area (TPSA) is 183 Å². The average molecular weight is 662 g/mol. The van der Waals surface area contributed by atoms with Crippen LogP contribution in [0.2, 0.25) is 0 Å². The predicted molar refractivity (Wildman–Crippen MR) is 179 cm³/mol. The minimum absolute atomic E-state index is 0.0410. The lowest BCUT2D eigenvalue weighted by Gasteiger charge is -2.38. The van der Waals surface area contributed by atoms with Crippen LogP contribution in [-0.4, -0.2) is 76.2 Å². The van der Waals surface area contributed by atoms with E-state index in [1.54, 1.807) is 0 Å². The first-order chi connectivity index (χ1) is 21.5. The van der Waals surface area contributed by atoms with Gasteiger partial charge in [0.2, 0.25) is 17.6 Å². The number of nitrogens with two attached hydrogens (primary N) is 1. The van der Waals surface area contributed by atoms with Crippen molar-refractivity contribution in [3.8, 4) is 0 Å². The van der Waals surface area contributed by atoms with Crippen LogP contribution in [0.3, 0.4) is 0 Å². The van der Waals surface area contributed by atoms with Crippen molar-refractivity contribution >= 4 is 41.6 Å². The number of thiol groups is 1. The number of unbranched alkanes of at least 4 members (excludes halogenated alkanes) is 1. The molecule has 1 aromatic rings. The second kappa shape index (κ2) is 15.6. The summed E-state index contributed by atoms with van der Waals surface area (Å²) in [6.45, 7) is 14.9. The molecule has 46 heavy (non-hydrogen) atoms. The van der Waals surface area contributed by atoms with Gasteiger partial charge in [-0.1, -0.05) is 79.5 Å². The molecule has 1 aromatic carbocycles. The summed E-state index contributed by atoms with van der Waals surface area (Å²) in [4.78, 5) is 67.6. The predicted octanol–water partition coefficient (Wildman–Crippen LogP) is 2.13. The number of likely N-dealkylation sites (tertiary alicyclic amines) is 1. The van der Waals surface area contributed by atoms with Crippen LogP contribution in [0.5, 0.6) is 0 Å². The summed E-state index contributed by atoms with van der Waals surface area (Å²) in [6.07, 6.45) is 2.46. The van der Waals surface area contributed by atoms with E-state index in [2.05, 4.69) is 21.3 Å². The Labute approximate surface area is 277 Å². The fourth-order valence-electron chi connectivity index (χ4n) is 5.96. The normalized spacial score (nSPS) is 21.0. The molecule has 13 heteroatoms. The number of urea groups is 1. The number of fused-ring (bicyclic) bond motifs is 1. The molecule has 1 saturated heterocycles. The molecule has 0 spiro atoms. The maximum atomic E-state index is 14.1. The van der Waals surface area contributed by atoms with E-state index in [-0.39, 0.29) is 47.7 Å². The molecule has 2 fully saturated rings. The molecule has 1 unspecified atom stereocenters. The number of benzene rings is 1. The molecular weight excluding hydrogens is 608 g/mol. The lowest BCUT2D eigenvalue weighted by molar-refractivity contribution is -0.144. The minimum Gasteiger partial charge on any atom is -0.363 e. The zero-order chi connectivity index (χ0) is 34.4. The molecule has 1 aliphatic carbocycles. The molecule has 1 aliphatic heterocycles. The molecule has 2 aliphatic rings. The fourth-order valence-corrected chi connectivity index (χ4v) is 6.40. The Morgan fingerprint density at radius 1 is 1.02 bits per heavy atom. The zero-order valence-corrected chi connectivity index (χ0v) is 29.1. The van der Waals surface area contributed by atoms with E-state index in [1.807, 2.05) is 72.7 Å². The van der Waals surface area contributed by atoms with Crippen LogP contribution in [0.25, 0.3) is 0 Å². The third kappa shape index (κ3) is 9.68. The summed E-state index contributed by atoms with van der Waals surface area (Å²) in [5.74, 6) is -2.68. The van der Waals surface area contributed by atoms with Crippen LogP contribution in [0.15, 0.2) is 29.2 Å². The summed E-state index contributed by atoms with van der Waals surface area (Å²) in [6, 6.07) is 4.00. The van der Waals surface area contributed by atoms with Crippen molar-refractivity contribution in [2.45, 2.75) is 110 Å². The van der Waals surface area contributed by atoms with Gasteiger partial charge in [0.1, 0.15) is 12.1 Å². The van der Waals surface area contributed by atoms with Crippen LogP contribution in [-0.2, 0) is 37.8 Å². The lowest BCUT2D eigenvalue weighted by Crippen LogP contribution is -2.62. The van der Waals surface area contributed by atoms with Crippen LogP contribution in [0.4, 0.5) is 4.79 Å². The molecule has 3 rings (SSSR count). The van der Waals surface area contributed by atoms with Crippen molar-refractivity contribution in [3.05, 3.63) is 29.8 Å². The molecule has 256 valence electrons. The Balaban J connectivity index is 1.71. The van der Waals surface area contributed by atoms with Crippen molar-refractivity contribution in [1.29, 1.82) is 0 Å². The summed E-state index contributed by atoms with van der Waals surface area (Å²) < 4.78 is 9.62. The van der Waals surface area contributed by atoms with E-state index in [9.17, 15) is 28.5 Å². The van der Waals surface area contributed by atoms with Crippen molar-refractivity contribution in [3.63, 3.8) is 0 Å². The van der Waals surface area contributed by atoms with Crippen molar-refractivity contribution in [2.24, 2.45) is 28.4 Å². The Morgan fingerprint density at radius 3 is 2.28 bits per heavy atom. The Kier molecular flexibility index (Phi) is 12.7. The van der Waals surface area contributed by atoms with Gasteiger partial charge in [-0.2, -0.15) is 4.55 Å². The van der Waals surface area contributed by atoms with Gasteiger partial charge < -0.3 is 31.9 Å². The van der Waals surface area contributed by atoms with E-state index < -0.39 is 47.2 Å². The van der Waals surface area contributed by atoms with E-state index in [1.165, 1.54) is 4.90 Å². The standard InChI is InChI=1S/C33H52N6O6S/c1-8-9-13-22(26(40)28(34)41)36-29(42)25-21-15-20(21)18-39(25)30(43)27(33(5,6)7)38-31(44)37-24(32(2,3)4)17-35-16-19-12-10-11-14-23(19)46-45/h10-12,14,20-22,24-25,27,35,45H,8-9,13,15-18H2,1-7H3,(H2,34,41)(H,36,42)(H2,37,38,44)/p+1/t20-,21-,22?,24+,25-,27+/m0/s1. The molecule has 6 atom stereocenters. The summed E-state index contributed by atoms with van der Waals surface area (Å²) in [7, 11) is 0. The highest BCUT2D eigenvalue weighted by atomic mass is 32.2. The number of carbonyl (C=O) groups is 5. The maximum Gasteiger partial charge on any atom is 0.315 e. The number of Topliss-reactive ketones (excluding diaryl/α,β-unsaturated/α-hetero) is 1. The molecule has 5 amide bonds. The van der Waals surface area contributed by atoms with Gasteiger partial charge in [0.15, 0.2) is 16.9 Å². The van der Waals surface area contributed by atoms with Gasteiger partial charge in [-0.25, -0.2) is 4.79 Å².